The van der Waals surface area contributed by atoms with Crippen LogP contribution in [0.4, 0.5) is 0 Å². The van der Waals surface area contributed by atoms with Crippen LogP contribution >= 0.6 is 0 Å². The molecule has 0 spiro atoms. The van der Waals surface area contributed by atoms with E-state index in [4.69, 9.17) is 9.52 Å². The average molecular weight is 252 g/mol. The molecule has 1 rings (SSSR count). The van der Waals surface area contributed by atoms with Crippen molar-refractivity contribution in [2.24, 2.45) is 0 Å². The van der Waals surface area contributed by atoms with Crippen molar-refractivity contribution < 1.29 is 19.7 Å². The predicted octanol–water partition coefficient (Wildman–Crippen LogP) is 2.07. The van der Waals surface area contributed by atoms with Gasteiger partial charge in [-0.3, -0.25) is 0 Å². The minimum atomic E-state index is -0.739. The number of aliphatic hydroxyl groups is 3. The first-order valence-electron chi connectivity index (χ1n) is 5.99. The molecule has 0 amide bonds. The number of hydrogen-bond donors (Lipinski definition) is 3. The van der Waals surface area contributed by atoms with Crippen molar-refractivity contribution in [2.45, 2.75) is 45.5 Å². The van der Waals surface area contributed by atoms with Gasteiger partial charge < -0.3 is 19.7 Å². The van der Waals surface area contributed by atoms with Crippen LogP contribution in [0.15, 0.2) is 33.9 Å². The fourth-order valence-corrected chi connectivity index (χ4v) is 1.62. The maximum absolute atomic E-state index is 9.82. The van der Waals surface area contributed by atoms with E-state index in [0.29, 0.717) is 24.4 Å². The van der Waals surface area contributed by atoms with E-state index >= 15 is 0 Å². The summed E-state index contributed by atoms with van der Waals surface area (Å²) in [6.45, 7) is 3.43. The van der Waals surface area contributed by atoms with E-state index in [0.717, 1.165) is 5.57 Å². The van der Waals surface area contributed by atoms with Crippen LogP contribution in [0.3, 0.4) is 0 Å². The molecule has 4 heteroatoms. The van der Waals surface area contributed by atoms with Crippen molar-refractivity contribution in [3.63, 3.8) is 0 Å². The molecular formula is C14H20O4. The van der Waals surface area contributed by atoms with Crippen LogP contribution in [-0.2, 0) is 6.61 Å². The van der Waals surface area contributed by atoms with Gasteiger partial charge in [-0.1, -0.05) is 0 Å². The van der Waals surface area contributed by atoms with Gasteiger partial charge in [0.2, 0.25) is 0 Å². The van der Waals surface area contributed by atoms with Gasteiger partial charge in [0.15, 0.2) is 0 Å². The molecule has 0 fully saturated rings. The average Bonchev–Trinajstić information content (AvgIpc) is 2.76. The van der Waals surface area contributed by atoms with Crippen LogP contribution in [0, 0.1) is 0 Å². The van der Waals surface area contributed by atoms with Gasteiger partial charge in [-0.2, -0.15) is 0 Å². The molecule has 1 aromatic rings. The van der Waals surface area contributed by atoms with Gasteiger partial charge in [0.05, 0.1) is 6.10 Å². The quantitative estimate of drug-likeness (QED) is 0.678. The second-order valence-corrected chi connectivity index (χ2v) is 4.40. The van der Waals surface area contributed by atoms with Crippen LogP contribution in [0.5, 0.6) is 0 Å². The Hall–Kier alpha value is -1.32. The maximum atomic E-state index is 9.82. The largest absolute Gasteiger partial charge is 0.461 e. The van der Waals surface area contributed by atoms with E-state index in [1.807, 2.05) is 6.92 Å². The molecule has 1 aromatic heterocycles. The molecule has 4 nitrogen and oxygen atoms in total. The molecular weight excluding hydrogens is 232 g/mol. The van der Waals surface area contributed by atoms with Crippen molar-refractivity contribution in [2.75, 3.05) is 0 Å². The van der Waals surface area contributed by atoms with Gasteiger partial charge in [-0.05, 0) is 37.6 Å². The first-order chi connectivity index (χ1) is 8.52. The molecule has 100 valence electrons. The predicted molar refractivity (Wildman–Crippen MR) is 67.8 cm³/mol. The number of hydrogen-bond acceptors (Lipinski definition) is 4. The summed E-state index contributed by atoms with van der Waals surface area (Å²) in [5.74, 6) is 0.874. The molecule has 0 saturated heterocycles. The normalized spacial score (nSPS) is 13.8. The lowest BCUT2D eigenvalue weighted by atomic mass is 10.1. The van der Waals surface area contributed by atoms with Crippen LogP contribution in [0.1, 0.15) is 44.3 Å². The number of aliphatic hydroxyl groups excluding tert-OH is 3. The summed E-state index contributed by atoms with van der Waals surface area (Å²) in [6, 6.07) is 3.28. The summed E-state index contributed by atoms with van der Waals surface area (Å²) in [7, 11) is 0. The minimum Gasteiger partial charge on any atom is -0.461 e. The molecule has 0 aliphatic rings. The van der Waals surface area contributed by atoms with E-state index < -0.39 is 6.10 Å². The zero-order valence-electron chi connectivity index (χ0n) is 10.8. The number of rotatable bonds is 6. The molecule has 0 bridgehead atoms. The summed E-state index contributed by atoms with van der Waals surface area (Å²) in [4.78, 5) is 0. The second-order valence-electron chi connectivity index (χ2n) is 4.40. The van der Waals surface area contributed by atoms with Crippen LogP contribution in [0.25, 0.3) is 0 Å². The fourth-order valence-electron chi connectivity index (χ4n) is 1.62. The Bertz CT molecular complexity index is 425. The Morgan fingerprint density at radius 3 is 2.72 bits per heavy atom. The molecule has 0 aromatic carbocycles. The Morgan fingerprint density at radius 2 is 2.17 bits per heavy atom. The molecule has 0 aliphatic carbocycles. The molecule has 2 atom stereocenters. The fraction of sp³-hybridized carbons (Fsp3) is 0.500. The lowest BCUT2D eigenvalue weighted by Gasteiger charge is -2.03. The minimum absolute atomic E-state index is 0.171. The monoisotopic (exact) mass is 252 g/mol. The SMILES string of the molecule is CC(=C=CC[C@@H](O)c1ccc(CO)o1)C[C@H](C)O. The molecule has 0 aliphatic heterocycles. The van der Waals surface area contributed by atoms with Crippen LogP contribution in [0.2, 0.25) is 0 Å². The van der Waals surface area contributed by atoms with Crippen molar-refractivity contribution in [1.29, 1.82) is 0 Å². The van der Waals surface area contributed by atoms with Crippen LogP contribution in [-0.4, -0.2) is 21.4 Å². The van der Waals surface area contributed by atoms with Gasteiger partial charge in [0.25, 0.3) is 0 Å². The highest BCUT2D eigenvalue weighted by atomic mass is 16.4. The zero-order chi connectivity index (χ0) is 13.5. The first-order valence-corrected chi connectivity index (χ1v) is 5.99. The second kappa shape index (κ2) is 7.19. The van der Waals surface area contributed by atoms with Gasteiger partial charge >= 0.3 is 0 Å². The van der Waals surface area contributed by atoms with E-state index in [1.54, 1.807) is 25.1 Å². The maximum Gasteiger partial charge on any atom is 0.133 e. The standard InChI is InChI=1S/C14H20O4/c1-10(8-11(2)16)4-3-5-13(17)14-7-6-12(9-15)18-14/h3,6-7,11,13,15-17H,5,8-9H2,1-2H3/t4?,11-,13+/m0/s1. The van der Waals surface area contributed by atoms with E-state index in [1.165, 1.54) is 0 Å². The summed E-state index contributed by atoms with van der Waals surface area (Å²) >= 11 is 0. The Morgan fingerprint density at radius 1 is 1.44 bits per heavy atom. The third kappa shape index (κ3) is 4.90. The zero-order valence-corrected chi connectivity index (χ0v) is 10.8. The van der Waals surface area contributed by atoms with Gasteiger partial charge in [0.1, 0.15) is 24.2 Å². The smallest absolute Gasteiger partial charge is 0.133 e. The highest BCUT2D eigenvalue weighted by Crippen LogP contribution is 2.19. The Labute approximate surface area is 107 Å². The summed E-state index contributed by atoms with van der Waals surface area (Å²) < 4.78 is 5.22. The molecule has 0 unspecified atom stereocenters. The van der Waals surface area contributed by atoms with E-state index in [2.05, 4.69) is 5.73 Å². The van der Waals surface area contributed by atoms with Crippen molar-refractivity contribution in [3.8, 4) is 0 Å². The van der Waals surface area contributed by atoms with Gasteiger partial charge in [-0.15, -0.1) is 5.73 Å². The van der Waals surface area contributed by atoms with E-state index in [-0.39, 0.29) is 12.7 Å². The molecule has 3 N–H and O–H groups in total. The summed E-state index contributed by atoms with van der Waals surface area (Å²) in [5, 5.41) is 27.8. The Kier molecular flexibility index (Phi) is 5.89. The molecule has 1 heterocycles. The van der Waals surface area contributed by atoms with Gasteiger partial charge in [-0.25, -0.2) is 0 Å². The molecule has 18 heavy (non-hydrogen) atoms. The van der Waals surface area contributed by atoms with Crippen molar-refractivity contribution in [1.82, 2.24) is 0 Å². The highest BCUT2D eigenvalue weighted by Gasteiger charge is 2.10. The molecule has 0 radical (unpaired) electrons. The first kappa shape index (κ1) is 14.7. The van der Waals surface area contributed by atoms with Crippen LogP contribution < -0.4 is 0 Å². The lowest BCUT2D eigenvalue weighted by molar-refractivity contribution is 0.145. The highest BCUT2D eigenvalue weighted by molar-refractivity contribution is 5.10. The Balaban J connectivity index is 2.55. The van der Waals surface area contributed by atoms with Crippen molar-refractivity contribution in [3.05, 3.63) is 41.0 Å². The summed E-state index contributed by atoms with van der Waals surface area (Å²) in [6.07, 6.45) is 1.56. The third-order valence-corrected chi connectivity index (χ3v) is 2.46. The lowest BCUT2D eigenvalue weighted by Crippen LogP contribution is -1.98. The van der Waals surface area contributed by atoms with Gasteiger partial charge in [0, 0.05) is 12.8 Å². The number of furan rings is 1. The van der Waals surface area contributed by atoms with Crippen molar-refractivity contribution >= 4 is 0 Å². The summed E-state index contributed by atoms with van der Waals surface area (Å²) in [5.41, 5.74) is 3.95. The third-order valence-electron chi connectivity index (χ3n) is 2.46. The van der Waals surface area contributed by atoms with E-state index in [9.17, 15) is 10.2 Å². The molecule has 0 saturated carbocycles. The topological polar surface area (TPSA) is 73.8 Å².